The molecule has 0 saturated carbocycles. The number of hydrogen-bond donors (Lipinski definition) is 2. The number of anilines is 2. The summed E-state index contributed by atoms with van der Waals surface area (Å²) in [7, 11) is 0. The van der Waals surface area contributed by atoms with E-state index in [4.69, 9.17) is 0 Å². The Morgan fingerprint density at radius 1 is 0.647 bits per heavy atom. The summed E-state index contributed by atoms with van der Waals surface area (Å²) < 4.78 is 0. The van der Waals surface area contributed by atoms with Crippen molar-refractivity contribution in [1.82, 2.24) is 0 Å². The number of nitrogens with one attached hydrogen (secondary N) is 2. The SMILES string of the molecule is Cl.[Na].c1ccc(NCNc2ccccc2)cc1. The van der Waals surface area contributed by atoms with Crippen LogP contribution in [0.15, 0.2) is 60.7 Å². The van der Waals surface area contributed by atoms with Crippen molar-refractivity contribution >= 4 is 53.3 Å². The summed E-state index contributed by atoms with van der Waals surface area (Å²) in [6, 6.07) is 20.3. The Bertz CT molecular complexity index is 355. The standard InChI is InChI=1S/C13H14N2.ClH.Na/c1-3-7-12(8-4-1)14-11-15-13-9-5-2-6-10-13;;/h1-10,14-15H,11H2;1H;. The van der Waals surface area contributed by atoms with Gasteiger partial charge in [-0.25, -0.2) is 0 Å². The van der Waals surface area contributed by atoms with Crippen molar-refractivity contribution in [1.29, 1.82) is 0 Å². The van der Waals surface area contributed by atoms with Crippen LogP contribution in [0.25, 0.3) is 0 Å². The molecule has 2 aromatic carbocycles. The van der Waals surface area contributed by atoms with Crippen LogP contribution in [-0.2, 0) is 0 Å². The minimum Gasteiger partial charge on any atom is -0.368 e. The average Bonchev–Trinajstić information content (AvgIpc) is 2.32. The molecular weight excluding hydrogens is 243 g/mol. The molecule has 0 amide bonds. The second-order valence-electron chi connectivity index (χ2n) is 3.26. The Kier molecular flexibility index (Phi) is 9.00. The molecule has 0 aliphatic rings. The molecule has 17 heavy (non-hydrogen) atoms. The van der Waals surface area contributed by atoms with E-state index in [1.54, 1.807) is 0 Å². The van der Waals surface area contributed by atoms with Gasteiger partial charge in [0.2, 0.25) is 0 Å². The van der Waals surface area contributed by atoms with Gasteiger partial charge in [0, 0.05) is 40.9 Å². The third-order valence-electron chi connectivity index (χ3n) is 2.13. The van der Waals surface area contributed by atoms with E-state index in [0.29, 0.717) is 0 Å². The van der Waals surface area contributed by atoms with Crippen molar-refractivity contribution in [2.24, 2.45) is 0 Å². The van der Waals surface area contributed by atoms with Crippen molar-refractivity contribution < 1.29 is 0 Å². The van der Waals surface area contributed by atoms with Crippen LogP contribution in [0.4, 0.5) is 11.4 Å². The summed E-state index contributed by atoms with van der Waals surface area (Å²) in [4.78, 5) is 0. The van der Waals surface area contributed by atoms with Crippen LogP contribution >= 0.6 is 12.4 Å². The first-order valence-electron chi connectivity index (χ1n) is 5.03. The monoisotopic (exact) mass is 257 g/mol. The number of rotatable bonds is 4. The molecule has 0 heterocycles. The molecule has 0 unspecified atom stereocenters. The summed E-state index contributed by atoms with van der Waals surface area (Å²) in [6.07, 6.45) is 0. The van der Waals surface area contributed by atoms with Crippen molar-refractivity contribution in [3.63, 3.8) is 0 Å². The number of para-hydroxylation sites is 2. The fourth-order valence-electron chi connectivity index (χ4n) is 1.36. The minimum absolute atomic E-state index is 0. The molecule has 2 N–H and O–H groups in total. The fraction of sp³-hybridized carbons (Fsp3) is 0.0769. The van der Waals surface area contributed by atoms with Crippen LogP contribution in [0.5, 0.6) is 0 Å². The largest absolute Gasteiger partial charge is 0.368 e. The first kappa shape index (κ1) is 16.3. The molecule has 85 valence electrons. The van der Waals surface area contributed by atoms with Gasteiger partial charge >= 0.3 is 0 Å². The Balaban J connectivity index is 0.00000128. The van der Waals surface area contributed by atoms with Crippen molar-refractivity contribution in [3.05, 3.63) is 60.7 Å². The van der Waals surface area contributed by atoms with Gasteiger partial charge in [0.05, 0.1) is 6.67 Å². The zero-order chi connectivity index (χ0) is 10.3. The molecule has 4 heteroatoms. The van der Waals surface area contributed by atoms with E-state index in [1.807, 2.05) is 60.7 Å². The van der Waals surface area contributed by atoms with Gasteiger partial charge in [-0.2, -0.15) is 0 Å². The molecule has 0 saturated heterocycles. The van der Waals surface area contributed by atoms with Gasteiger partial charge in [-0.15, -0.1) is 12.4 Å². The summed E-state index contributed by atoms with van der Waals surface area (Å²) >= 11 is 0. The van der Waals surface area contributed by atoms with Crippen LogP contribution in [0.2, 0.25) is 0 Å². The predicted molar refractivity (Wildman–Crippen MR) is 78.0 cm³/mol. The Labute approximate surface area is 131 Å². The van der Waals surface area contributed by atoms with Gasteiger partial charge in [-0.05, 0) is 24.3 Å². The third kappa shape index (κ3) is 5.99. The minimum atomic E-state index is 0. The third-order valence-corrected chi connectivity index (χ3v) is 2.13. The molecule has 0 bridgehead atoms. The van der Waals surface area contributed by atoms with Crippen LogP contribution in [0.1, 0.15) is 0 Å². The molecule has 0 aliphatic carbocycles. The van der Waals surface area contributed by atoms with E-state index in [9.17, 15) is 0 Å². The Morgan fingerprint density at radius 3 is 1.35 bits per heavy atom. The van der Waals surface area contributed by atoms with Crippen LogP contribution in [0.3, 0.4) is 0 Å². The average molecular weight is 258 g/mol. The van der Waals surface area contributed by atoms with E-state index in [0.717, 1.165) is 18.0 Å². The Hall–Kier alpha value is -0.670. The summed E-state index contributed by atoms with van der Waals surface area (Å²) in [6.45, 7) is 0.730. The van der Waals surface area contributed by atoms with Crippen molar-refractivity contribution in [2.45, 2.75) is 0 Å². The molecule has 0 aliphatic heterocycles. The van der Waals surface area contributed by atoms with Crippen LogP contribution < -0.4 is 10.6 Å². The summed E-state index contributed by atoms with van der Waals surface area (Å²) in [5, 5.41) is 6.56. The second kappa shape index (κ2) is 9.37. The summed E-state index contributed by atoms with van der Waals surface area (Å²) in [5.41, 5.74) is 2.25. The van der Waals surface area contributed by atoms with E-state index in [2.05, 4.69) is 10.6 Å². The molecule has 1 radical (unpaired) electrons. The van der Waals surface area contributed by atoms with Gasteiger partial charge in [-0.3, -0.25) is 0 Å². The van der Waals surface area contributed by atoms with Crippen molar-refractivity contribution in [3.8, 4) is 0 Å². The first-order chi connectivity index (χ1) is 7.45. The van der Waals surface area contributed by atoms with Gasteiger partial charge in [0.15, 0.2) is 0 Å². The maximum absolute atomic E-state index is 3.28. The smallest absolute Gasteiger partial charge is 0.0849 e. The molecule has 0 atom stereocenters. The van der Waals surface area contributed by atoms with E-state index in [1.165, 1.54) is 0 Å². The zero-order valence-electron chi connectivity index (χ0n) is 9.89. The number of benzene rings is 2. The Morgan fingerprint density at radius 2 is 1.00 bits per heavy atom. The maximum Gasteiger partial charge on any atom is 0.0849 e. The molecule has 0 spiro atoms. The second-order valence-corrected chi connectivity index (χ2v) is 3.26. The van der Waals surface area contributed by atoms with Crippen molar-refractivity contribution in [2.75, 3.05) is 17.3 Å². The maximum atomic E-state index is 3.28. The molecular formula is C13H15ClN2Na. The number of halogens is 1. The number of hydrogen-bond acceptors (Lipinski definition) is 2. The topological polar surface area (TPSA) is 24.1 Å². The van der Waals surface area contributed by atoms with Gasteiger partial charge < -0.3 is 10.6 Å². The molecule has 0 fully saturated rings. The van der Waals surface area contributed by atoms with E-state index >= 15 is 0 Å². The fourth-order valence-corrected chi connectivity index (χ4v) is 1.36. The van der Waals surface area contributed by atoms with E-state index in [-0.39, 0.29) is 42.0 Å². The van der Waals surface area contributed by atoms with Crippen LogP contribution in [-0.4, -0.2) is 36.2 Å². The van der Waals surface area contributed by atoms with Gasteiger partial charge in [0.25, 0.3) is 0 Å². The van der Waals surface area contributed by atoms with Gasteiger partial charge in [0.1, 0.15) is 0 Å². The quantitative estimate of drug-likeness (QED) is 0.649. The first-order valence-corrected chi connectivity index (χ1v) is 5.03. The molecule has 2 aromatic rings. The zero-order valence-corrected chi connectivity index (χ0v) is 12.7. The van der Waals surface area contributed by atoms with Gasteiger partial charge in [-0.1, -0.05) is 36.4 Å². The van der Waals surface area contributed by atoms with E-state index < -0.39 is 0 Å². The predicted octanol–water partition coefficient (Wildman–Crippen LogP) is 3.21. The molecule has 0 aromatic heterocycles. The normalized spacial score (nSPS) is 8.47. The molecule has 2 nitrogen and oxygen atoms in total. The molecule has 2 rings (SSSR count). The van der Waals surface area contributed by atoms with Crippen LogP contribution in [0, 0.1) is 0 Å². The summed E-state index contributed by atoms with van der Waals surface area (Å²) in [5.74, 6) is 0.